The number of nitrogens with one attached hydrogen (secondary N) is 1. The van der Waals surface area contributed by atoms with E-state index in [0.717, 1.165) is 6.07 Å². The zero-order valence-electron chi connectivity index (χ0n) is 6.43. The number of hydrogen-bond acceptors (Lipinski definition) is 2. The van der Waals surface area contributed by atoms with Gasteiger partial charge in [-0.3, -0.25) is 9.59 Å². The van der Waals surface area contributed by atoms with E-state index in [1.165, 1.54) is 6.07 Å². The van der Waals surface area contributed by atoms with E-state index in [1.54, 1.807) is 0 Å². The van der Waals surface area contributed by atoms with Gasteiger partial charge in [0.15, 0.2) is 0 Å². The molecule has 0 saturated carbocycles. The van der Waals surface area contributed by atoms with Crippen LogP contribution in [-0.2, 0) is 4.79 Å². The molecular weight excluding hydrogens is 172 g/mol. The SMILES string of the molecule is [B]c1ccc(F)c2c1NC(=O)C2=O. The van der Waals surface area contributed by atoms with Crippen molar-refractivity contribution in [3.05, 3.63) is 23.5 Å². The summed E-state index contributed by atoms with van der Waals surface area (Å²) in [6, 6.07) is 2.36. The second kappa shape index (κ2) is 2.42. The van der Waals surface area contributed by atoms with E-state index in [1.807, 2.05) is 0 Å². The third kappa shape index (κ3) is 0.966. The molecule has 0 bridgehead atoms. The van der Waals surface area contributed by atoms with Crippen molar-refractivity contribution >= 4 is 30.7 Å². The molecule has 0 aromatic heterocycles. The number of benzene rings is 1. The molecule has 1 aromatic rings. The van der Waals surface area contributed by atoms with Gasteiger partial charge in [-0.2, -0.15) is 0 Å². The molecule has 1 N–H and O–H groups in total. The minimum atomic E-state index is -0.875. The largest absolute Gasteiger partial charge is 0.319 e. The van der Waals surface area contributed by atoms with Gasteiger partial charge < -0.3 is 5.32 Å². The summed E-state index contributed by atoms with van der Waals surface area (Å²) in [6.07, 6.45) is 0. The van der Waals surface area contributed by atoms with Crippen LogP contribution in [0.4, 0.5) is 10.1 Å². The smallest absolute Gasteiger partial charge is 0.296 e. The first kappa shape index (κ1) is 7.98. The van der Waals surface area contributed by atoms with Crippen LogP contribution in [0, 0.1) is 5.82 Å². The van der Waals surface area contributed by atoms with Crippen LogP contribution in [0.5, 0.6) is 0 Å². The number of fused-ring (bicyclic) bond motifs is 1. The van der Waals surface area contributed by atoms with E-state index in [9.17, 15) is 14.0 Å². The Balaban J connectivity index is 2.75. The highest BCUT2D eigenvalue weighted by molar-refractivity contribution is 6.54. The minimum Gasteiger partial charge on any atom is -0.319 e. The molecule has 0 aliphatic carbocycles. The molecule has 1 heterocycles. The topological polar surface area (TPSA) is 46.2 Å². The monoisotopic (exact) mass is 175 g/mol. The molecule has 1 aliphatic heterocycles. The van der Waals surface area contributed by atoms with Crippen LogP contribution in [0.3, 0.4) is 0 Å². The van der Waals surface area contributed by atoms with Crippen molar-refractivity contribution < 1.29 is 14.0 Å². The number of carbonyl (C=O) groups is 2. The van der Waals surface area contributed by atoms with Gasteiger partial charge in [-0.05, 0) is 6.07 Å². The molecule has 1 amide bonds. The van der Waals surface area contributed by atoms with E-state index < -0.39 is 17.5 Å². The maximum atomic E-state index is 13.0. The van der Waals surface area contributed by atoms with E-state index >= 15 is 0 Å². The number of hydrogen-bond donors (Lipinski definition) is 1. The lowest BCUT2D eigenvalue weighted by Crippen LogP contribution is -2.14. The van der Waals surface area contributed by atoms with Crippen molar-refractivity contribution in [3.8, 4) is 0 Å². The number of halogens is 1. The molecule has 62 valence electrons. The van der Waals surface area contributed by atoms with E-state index in [4.69, 9.17) is 7.85 Å². The van der Waals surface area contributed by atoms with Crippen LogP contribution in [-0.4, -0.2) is 19.5 Å². The van der Waals surface area contributed by atoms with Crippen LogP contribution in [0.25, 0.3) is 0 Å². The van der Waals surface area contributed by atoms with Crippen LogP contribution < -0.4 is 10.8 Å². The van der Waals surface area contributed by atoms with Gasteiger partial charge in [-0.25, -0.2) is 4.39 Å². The quantitative estimate of drug-likeness (QED) is 0.436. The Morgan fingerprint density at radius 1 is 1.31 bits per heavy atom. The van der Waals surface area contributed by atoms with Crippen molar-refractivity contribution in [2.45, 2.75) is 0 Å². The number of amides is 1. The Kier molecular flexibility index (Phi) is 1.48. The summed E-state index contributed by atoms with van der Waals surface area (Å²) in [6.45, 7) is 0. The van der Waals surface area contributed by atoms with E-state index in [-0.39, 0.29) is 16.7 Å². The molecule has 2 rings (SSSR count). The summed E-state index contributed by atoms with van der Waals surface area (Å²) >= 11 is 0. The summed E-state index contributed by atoms with van der Waals surface area (Å²) in [5.74, 6) is -2.45. The fourth-order valence-electron chi connectivity index (χ4n) is 1.23. The molecule has 0 fully saturated rings. The predicted molar refractivity (Wildman–Crippen MR) is 44.7 cm³/mol. The third-order valence-electron chi connectivity index (χ3n) is 1.86. The van der Waals surface area contributed by atoms with Gasteiger partial charge in [0.25, 0.3) is 11.7 Å². The second-order valence-electron chi connectivity index (χ2n) is 2.67. The number of Topliss-reactive ketones (excluding diaryl/α,β-unsaturated/α-hetero) is 1. The van der Waals surface area contributed by atoms with Gasteiger partial charge >= 0.3 is 0 Å². The molecule has 0 unspecified atom stereocenters. The van der Waals surface area contributed by atoms with Gasteiger partial charge in [0.05, 0.1) is 5.56 Å². The number of rotatable bonds is 0. The summed E-state index contributed by atoms with van der Waals surface area (Å²) in [7, 11) is 5.43. The zero-order chi connectivity index (χ0) is 9.59. The molecular formula is C8H3BFNO2. The van der Waals surface area contributed by atoms with Crippen LogP contribution in [0.2, 0.25) is 0 Å². The van der Waals surface area contributed by atoms with Crippen LogP contribution >= 0.6 is 0 Å². The molecule has 0 atom stereocenters. The molecule has 1 aliphatic rings. The van der Waals surface area contributed by atoms with E-state index in [0.29, 0.717) is 0 Å². The van der Waals surface area contributed by atoms with Gasteiger partial charge in [-0.15, -0.1) is 0 Å². The van der Waals surface area contributed by atoms with Crippen LogP contribution in [0.15, 0.2) is 12.1 Å². The molecule has 13 heavy (non-hydrogen) atoms. The first-order chi connectivity index (χ1) is 6.11. The van der Waals surface area contributed by atoms with Gasteiger partial charge in [0, 0.05) is 5.69 Å². The Morgan fingerprint density at radius 2 is 2.00 bits per heavy atom. The Hall–Kier alpha value is -1.65. The maximum absolute atomic E-state index is 13.0. The lowest BCUT2D eigenvalue weighted by atomic mass is 9.91. The molecule has 0 spiro atoms. The lowest BCUT2D eigenvalue weighted by molar-refractivity contribution is -0.112. The summed E-state index contributed by atoms with van der Waals surface area (Å²) < 4.78 is 13.0. The summed E-state index contributed by atoms with van der Waals surface area (Å²) in [5.41, 5.74) is 0.00981. The third-order valence-corrected chi connectivity index (χ3v) is 1.86. The first-order valence-corrected chi connectivity index (χ1v) is 3.55. The highest BCUT2D eigenvalue weighted by Crippen LogP contribution is 2.22. The fraction of sp³-hybridized carbons (Fsp3) is 0. The Morgan fingerprint density at radius 3 is 2.62 bits per heavy atom. The van der Waals surface area contributed by atoms with Gasteiger partial charge in [0.2, 0.25) is 0 Å². The molecule has 0 saturated heterocycles. The van der Waals surface area contributed by atoms with Gasteiger partial charge in [-0.1, -0.05) is 11.5 Å². The fourth-order valence-corrected chi connectivity index (χ4v) is 1.23. The number of carbonyl (C=O) groups excluding carboxylic acids is 2. The number of anilines is 1. The Labute approximate surface area is 74.3 Å². The first-order valence-electron chi connectivity index (χ1n) is 3.55. The van der Waals surface area contributed by atoms with Crippen molar-refractivity contribution in [1.29, 1.82) is 0 Å². The number of ketones is 1. The average molecular weight is 175 g/mol. The average Bonchev–Trinajstić information content (AvgIpc) is 2.38. The van der Waals surface area contributed by atoms with Crippen molar-refractivity contribution in [2.24, 2.45) is 0 Å². The van der Waals surface area contributed by atoms with Crippen molar-refractivity contribution in [3.63, 3.8) is 0 Å². The summed E-state index contributed by atoms with van der Waals surface area (Å²) in [4.78, 5) is 21.9. The molecule has 5 heteroatoms. The molecule has 3 nitrogen and oxygen atoms in total. The molecule has 1 aromatic carbocycles. The standard InChI is InChI=1S/C8H3BFNO2/c9-3-1-2-4(10)5-6(3)11-8(13)7(5)12/h1-2H,(H,11,12,13). The molecule has 2 radical (unpaired) electrons. The predicted octanol–water partition coefficient (Wildman–Crippen LogP) is -0.246. The maximum Gasteiger partial charge on any atom is 0.296 e. The van der Waals surface area contributed by atoms with Crippen molar-refractivity contribution in [1.82, 2.24) is 0 Å². The summed E-state index contributed by atoms with van der Waals surface area (Å²) in [5, 5.41) is 2.20. The highest BCUT2D eigenvalue weighted by Gasteiger charge is 2.31. The van der Waals surface area contributed by atoms with Crippen molar-refractivity contribution in [2.75, 3.05) is 5.32 Å². The highest BCUT2D eigenvalue weighted by atomic mass is 19.1. The van der Waals surface area contributed by atoms with Crippen LogP contribution in [0.1, 0.15) is 10.4 Å². The minimum absolute atomic E-state index is 0.0787. The van der Waals surface area contributed by atoms with Gasteiger partial charge in [0.1, 0.15) is 13.7 Å². The lowest BCUT2D eigenvalue weighted by Gasteiger charge is -2.01. The Bertz CT molecular complexity index is 430. The second-order valence-corrected chi connectivity index (χ2v) is 2.67. The zero-order valence-corrected chi connectivity index (χ0v) is 6.43. The van der Waals surface area contributed by atoms with E-state index in [2.05, 4.69) is 5.32 Å². The normalized spacial score (nSPS) is 14.2.